The molecule has 120 valence electrons. The Morgan fingerprint density at radius 1 is 1.24 bits per heavy atom. The molecule has 1 fully saturated rings. The Hall–Kier alpha value is -0.420. The second-order valence-corrected chi connectivity index (χ2v) is 7.66. The van der Waals surface area contributed by atoms with Crippen molar-refractivity contribution < 1.29 is 0 Å². The van der Waals surface area contributed by atoms with E-state index in [4.69, 9.17) is 5.73 Å². The quantitative estimate of drug-likeness (QED) is 0.876. The lowest BCUT2D eigenvalue weighted by molar-refractivity contribution is 0.0787. The topological polar surface area (TPSA) is 32.5 Å². The van der Waals surface area contributed by atoms with Gasteiger partial charge < -0.3 is 10.6 Å². The predicted octanol–water partition coefficient (Wildman–Crippen LogP) is 3.11. The summed E-state index contributed by atoms with van der Waals surface area (Å²) in [5.74, 6) is 0.754. The molecule has 0 spiro atoms. The SMILES string of the molecule is CCC(N)C(c1sccc1C)N1CCN(CC(C)C)CC1. The van der Waals surface area contributed by atoms with E-state index in [0.29, 0.717) is 6.04 Å². The predicted molar refractivity (Wildman–Crippen MR) is 92.9 cm³/mol. The maximum Gasteiger partial charge on any atom is 0.0596 e. The summed E-state index contributed by atoms with van der Waals surface area (Å²) in [5, 5.41) is 2.20. The lowest BCUT2D eigenvalue weighted by atomic mass is 9.99. The molecule has 1 aromatic heterocycles. The third-order valence-electron chi connectivity index (χ3n) is 4.47. The van der Waals surface area contributed by atoms with Crippen molar-refractivity contribution in [2.75, 3.05) is 32.7 Å². The van der Waals surface area contributed by atoms with Crippen LogP contribution < -0.4 is 5.73 Å². The van der Waals surface area contributed by atoms with Crippen LogP contribution >= 0.6 is 11.3 Å². The zero-order valence-corrected chi connectivity index (χ0v) is 14.8. The summed E-state index contributed by atoms with van der Waals surface area (Å²) in [5.41, 5.74) is 7.88. The molecule has 1 aromatic rings. The number of nitrogens with two attached hydrogens (primary N) is 1. The van der Waals surface area contributed by atoms with Crippen molar-refractivity contribution in [1.29, 1.82) is 0 Å². The maximum absolute atomic E-state index is 6.47. The van der Waals surface area contributed by atoms with Crippen molar-refractivity contribution in [3.05, 3.63) is 21.9 Å². The molecule has 0 bridgehead atoms. The second kappa shape index (κ2) is 7.73. The van der Waals surface area contributed by atoms with Crippen LogP contribution in [0.2, 0.25) is 0 Å². The van der Waals surface area contributed by atoms with Crippen LogP contribution in [0, 0.1) is 12.8 Å². The number of rotatable bonds is 6. The van der Waals surface area contributed by atoms with Crippen LogP contribution in [0.15, 0.2) is 11.4 Å². The van der Waals surface area contributed by atoms with Crippen LogP contribution in [0.4, 0.5) is 0 Å². The molecular formula is C17H31N3S. The van der Waals surface area contributed by atoms with Gasteiger partial charge in [-0.15, -0.1) is 11.3 Å². The fraction of sp³-hybridized carbons (Fsp3) is 0.765. The average Bonchev–Trinajstić information content (AvgIpc) is 2.86. The third kappa shape index (κ3) is 4.28. The van der Waals surface area contributed by atoms with Crippen molar-refractivity contribution in [1.82, 2.24) is 9.80 Å². The van der Waals surface area contributed by atoms with Gasteiger partial charge in [0.2, 0.25) is 0 Å². The van der Waals surface area contributed by atoms with E-state index in [9.17, 15) is 0 Å². The van der Waals surface area contributed by atoms with Crippen LogP contribution in [0.1, 0.15) is 43.7 Å². The molecule has 3 nitrogen and oxygen atoms in total. The van der Waals surface area contributed by atoms with Crippen LogP contribution in [0.25, 0.3) is 0 Å². The van der Waals surface area contributed by atoms with Gasteiger partial charge in [0.15, 0.2) is 0 Å². The molecular weight excluding hydrogens is 278 g/mol. The molecule has 1 aliphatic heterocycles. The van der Waals surface area contributed by atoms with Gasteiger partial charge in [-0.05, 0) is 36.3 Å². The van der Waals surface area contributed by atoms with Gasteiger partial charge in [0, 0.05) is 43.6 Å². The standard InChI is InChI=1S/C17H31N3S/c1-5-15(18)16(17-14(4)6-11-21-17)20-9-7-19(8-10-20)12-13(2)3/h6,11,13,15-16H,5,7-10,12,18H2,1-4H3. The highest BCUT2D eigenvalue weighted by Gasteiger charge is 2.30. The van der Waals surface area contributed by atoms with Crippen LogP contribution in [-0.4, -0.2) is 48.6 Å². The first kappa shape index (κ1) is 16.9. The van der Waals surface area contributed by atoms with Gasteiger partial charge in [-0.2, -0.15) is 0 Å². The summed E-state index contributed by atoms with van der Waals surface area (Å²) in [6.45, 7) is 14.9. The minimum atomic E-state index is 0.235. The van der Waals surface area contributed by atoms with Crippen molar-refractivity contribution in [2.45, 2.75) is 46.2 Å². The Balaban J connectivity index is 2.05. The van der Waals surface area contributed by atoms with Gasteiger partial charge in [0.05, 0.1) is 6.04 Å². The van der Waals surface area contributed by atoms with Gasteiger partial charge in [0.1, 0.15) is 0 Å². The zero-order valence-electron chi connectivity index (χ0n) is 14.0. The van der Waals surface area contributed by atoms with E-state index in [2.05, 4.69) is 48.9 Å². The lowest BCUT2D eigenvalue weighted by Gasteiger charge is -2.41. The molecule has 0 radical (unpaired) electrons. The average molecular weight is 310 g/mol. The molecule has 2 N–H and O–H groups in total. The maximum atomic E-state index is 6.47. The highest BCUT2D eigenvalue weighted by Crippen LogP contribution is 2.32. The molecule has 2 unspecified atom stereocenters. The first-order chi connectivity index (χ1) is 10.0. The highest BCUT2D eigenvalue weighted by atomic mass is 32.1. The molecule has 2 heterocycles. The number of hydrogen-bond acceptors (Lipinski definition) is 4. The van der Waals surface area contributed by atoms with Crippen molar-refractivity contribution >= 4 is 11.3 Å². The first-order valence-electron chi connectivity index (χ1n) is 8.28. The van der Waals surface area contributed by atoms with Crippen molar-refractivity contribution in [2.24, 2.45) is 11.7 Å². The number of hydrogen-bond donors (Lipinski definition) is 1. The monoisotopic (exact) mass is 309 g/mol. The third-order valence-corrected chi connectivity index (χ3v) is 5.56. The Bertz CT molecular complexity index is 421. The molecule has 4 heteroatoms. The highest BCUT2D eigenvalue weighted by molar-refractivity contribution is 7.10. The van der Waals surface area contributed by atoms with Gasteiger partial charge in [-0.3, -0.25) is 4.90 Å². The Labute approximate surface area is 134 Å². The fourth-order valence-electron chi connectivity index (χ4n) is 3.28. The molecule has 0 amide bonds. The summed E-state index contributed by atoms with van der Waals surface area (Å²) in [4.78, 5) is 6.68. The second-order valence-electron chi connectivity index (χ2n) is 6.72. The summed E-state index contributed by atoms with van der Waals surface area (Å²) in [6, 6.07) is 2.86. The van der Waals surface area contributed by atoms with E-state index in [1.807, 2.05) is 11.3 Å². The van der Waals surface area contributed by atoms with E-state index in [0.717, 1.165) is 25.4 Å². The van der Waals surface area contributed by atoms with Crippen LogP contribution in [-0.2, 0) is 0 Å². The van der Waals surface area contributed by atoms with Gasteiger partial charge in [-0.1, -0.05) is 20.8 Å². The Morgan fingerprint density at radius 2 is 1.90 bits per heavy atom. The molecule has 21 heavy (non-hydrogen) atoms. The molecule has 0 aliphatic carbocycles. The van der Waals surface area contributed by atoms with E-state index in [1.54, 1.807) is 0 Å². The Morgan fingerprint density at radius 3 is 2.38 bits per heavy atom. The van der Waals surface area contributed by atoms with Crippen molar-refractivity contribution in [3.63, 3.8) is 0 Å². The molecule has 2 rings (SSSR count). The smallest absolute Gasteiger partial charge is 0.0596 e. The molecule has 0 saturated carbocycles. The largest absolute Gasteiger partial charge is 0.326 e. The fourth-order valence-corrected chi connectivity index (χ4v) is 4.42. The minimum absolute atomic E-state index is 0.235. The van der Waals surface area contributed by atoms with Crippen LogP contribution in [0.3, 0.4) is 0 Å². The number of piperazine rings is 1. The number of thiophene rings is 1. The van der Waals surface area contributed by atoms with Gasteiger partial charge >= 0.3 is 0 Å². The van der Waals surface area contributed by atoms with Crippen LogP contribution in [0.5, 0.6) is 0 Å². The minimum Gasteiger partial charge on any atom is -0.326 e. The van der Waals surface area contributed by atoms with Gasteiger partial charge in [-0.25, -0.2) is 0 Å². The van der Waals surface area contributed by atoms with Crippen molar-refractivity contribution in [3.8, 4) is 0 Å². The zero-order chi connectivity index (χ0) is 15.4. The molecule has 0 aromatic carbocycles. The van der Waals surface area contributed by atoms with E-state index < -0.39 is 0 Å². The normalized spacial score (nSPS) is 20.9. The molecule has 2 atom stereocenters. The Kier molecular flexibility index (Phi) is 6.23. The summed E-state index contributed by atoms with van der Waals surface area (Å²) < 4.78 is 0. The molecule has 1 saturated heterocycles. The first-order valence-corrected chi connectivity index (χ1v) is 9.16. The van der Waals surface area contributed by atoms with E-state index in [-0.39, 0.29) is 6.04 Å². The van der Waals surface area contributed by atoms with Gasteiger partial charge in [0.25, 0.3) is 0 Å². The summed E-state index contributed by atoms with van der Waals surface area (Å²) in [6.07, 6.45) is 1.04. The lowest BCUT2D eigenvalue weighted by Crippen LogP contribution is -2.51. The number of nitrogens with zero attached hydrogens (tertiary/aromatic N) is 2. The van der Waals surface area contributed by atoms with E-state index in [1.165, 1.54) is 30.1 Å². The van der Waals surface area contributed by atoms with E-state index >= 15 is 0 Å². The number of aryl methyl sites for hydroxylation is 1. The molecule has 1 aliphatic rings. The summed E-state index contributed by atoms with van der Waals surface area (Å²) >= 11 is 1.87. The summed E-state index contributed by atoms with van der Waals surface area (Å²) in [7, 11) is 0.